The summed E-state index contributed by atoms with van der Waals surface area (Å²) >= 11 is 0. The van der Waals surface area contributed by atoms with Crippen LogP contribution in [0.4, 0.5) is 11.4 Å². The van der Waals surface area contributed by atoms with E-state index in [-0.39, 0.29) is 0 Å². The molecule has 0 aliphatic carbocycles. The normalized spacial score (nSPS) is 11.8. The minimum atomic E-state index is 0.886. The lowest BCUT2D eigenvalue weighted by Crippen LogP contribution is -1.98. The van der Waals surface area contributed by atoms with Gasteiger partial charge in [-0.05, 0) is 134 Å². The summed E-state index contributed by atoms with van der Waals surface area (Å²) in [7, 11) is 0. The van der Waals surface area contributed by atoms with Gasteiger partial charge in [0.1, 0.15) is 11.2 Å². The molecule has 0 unspecified atom stereocenters. The van der Waals surface area contributed by atoms with Crippen LogP contribution in [0.2, 0.25) is 0 Å². The Morgan fingerprint density at radius 3 is 1.58 bits per heavy atom. The molecule has 0 aliphatic heterocycles. The third-order valence-corrected chi connectivity index (χ3v) is 13.2. The van der Waals surface area contributed by atoms with Crippen LogP contribution >= 0.6 is 0 Å². The number of aromatic nitrogens is 1. The highest BCUT2D eigenvalue weighted by molar-refractivity contribution is 6.25. The number of benzene rings is 11. The molecule has 0 fully saturated rings. The topological polar surface area (TPSA) is 30.1 Å². The molecule has 0 saturated heterocycles. The predicted molar refractivity (Wildman–Crippen MR) is 271 cm³/mol. The summed E-state index contributed by atoms with van der Waals surface area (Å²) in [6.45, 7) is 2.18. The van der Waals surface area contributed by atoms with Crippen LogP contribution in [0.1, 0.15) is 5.56 Å². The maximum absolute atomic E-state index is 6.68. The average Bonchev–Trinajstić information content (AvgIpc) is 3.90. The van der Waals surface area contributed by atoms with Crippen molar-refractivity contribution in [3.63, 3.8) is 0 Å². The number of nitrogens with one attached hydrogen (secondary N) is 1. The molecule has 2 heterocycles. The highest BCUT2D eigenvalue weighted by Crippen LogP contribution is 2.44. The van der Waals surface area contributed by atoms with Gasteiger partial charge in [-0.15, -0.1) is 0 Å². The first-order valence-electron chi connectivity index (χ1n) is 22.0. The number of aryl methyl sites for hydroxylation is 1. The molecule has 64 heavy (non-hydrogen) atoms. The lowest BCUT2D eigenvalue weighted by atomic mass is 9.91. The van der Waals surface area contributed by atoms with Crippen molar-refractivity contribution in [2.24, 2.45) is 0 Å². The summed E-state index contributed by atoms with van der Waals surface area (Å²) in [5, 5.41) is 16.2. The Labute approximate surface area is 370 Å². The summed E-state index contributed by atoms with van der Waals surface area (Å²) in [5.74, 6) is 0. The Hall–Kier alpha value is -8.40. The lowest BCUT2D eigenvalue weighted by molar-refractivity contribution is 0.670. The van der Waals surface area contributed by atoms with Crippen LogP contribution in [0.5, 0.6) is 0 Å². The van der Waals surface area contributed by atoms with Gasteiger partial charge in [0.15, 0.2) is 0 Å². The van der Waals surface area contributed by atoms with E-state index >= 15 is 0 Å². The Balaban J connectivity index is 1.06. The van der Waals surface area contributed by atoms with E-state index in [2.05, 4.69) is 229 Å². The minimum absolute atomic E-state index is 0.886. The van der Waals surface area contributed by atoms with Crippen molar-refractivity contribution in [1.82, 2.24) is 4.57 Å². The van der Waals surface area contributed by atoms with Crippen LogP contribution in [-0.4, -0.2) is 4.57 Å². The van der Waals surface area contributed by atoms with E-state index in [4.69, 9.17) is 4.42 Å². The lowest BCUT2D eigenvalue weighted by Gasteiger charge is -2.18. The molecule has 1 N–H and O–H groups in total. The summed E-state index contributed by atoms with van der Waals surface area (Å²) in [6.07, 6.45) is 0. The van der Waals surface area contributed by atoms with Crippen LogP contribution in [-0.2, 0) is 0 Å². The van der Waals surface area contributed by atoms with E-state index in [9.17, 15) is 0 Å². The van der Waals surface area contributed by atoms with Crippen LogP contribution in [0.25, 0.3) is 115 Å². The van der Waals surface area contributed by atoms with Gasteiger partial charge in [-0.3, -0.25) is 0 Å². The highest BCUT2D eigenvalue weighted by atomic mass is 16.3. The van der Waals surface area contributed by atoms with E-state index < -0.39 is 0 Å². The van der Waals surface area contributed by atoms with Crippen molar-refractivity contribution in [3.8, 4) is 39.1 Å². The molecule has 11 aromatic carbocycles. The summed E-state index contributed by atoms with van der Waals surface area (Å²) in [5.41, 5.74) is 15.3. The van der Waals surface area contributed by atoms with Gasteiger partial charge in [-0.1, -0.05) is 152 Å². The molecule has 0 saturated carbocycles. The van der Waals surface area contributed by atoms with Gasteiger partial charge in [0.05, 0.1) is 16.7 Å². The number of para-hydroxylation sites is 4. The Morgan fingerprint density at radius 1 is 0.344 bits per heavy atom. The number of nitrogens with zero attached hydrogens (tertiary/aromatic N) is 1. The molecule has 3 heteroatoms. The largest absolute Gasteiger partial charge is 0.455 e. The zero-order valence-electron chi connectivity index (χ0n) is 35.1. The Morgan fingerprint density at radius 2 is 0.875 bits per heavy atom. The fourth-order valence-corrected chi connectivity index (χ4v) is 10.3. The number of fused-ring (bicyclic) bond motifs is 12. The van der Waals surface area contributed by atoms with Crippen LogP contribution in [0.15, 0.2) is 223 Å². The molecule has 3 nitrogen and oxygen atoms in total. The first-order chi connectivity index (χ1) is 31.6. The van der Waals surface area contributed by atoms with Gasteiger partial charge in [-0.2, -0.15) is 0 Å². The van der Waals surface area contributed by atoms with Gasteiger partial charge >= 0.3 is 0 Å². The number of rotatable bonds is 6. The average molecular weight is 817 g/mol. The first-order valence-corrected chi connectivity index (χ1v) is 22.0. The molecular weight excluding hydrogens is 777 g/mol. The molecular formula is C61H40N2O. The quantitative estimate of drug-likeness (QED) is 0.169. The van der Waals surface area contributed by atoms with Crippen molar-refractivity contribution >= 4 is 87.4 Å². The van der Waals surface area contributed by atoms with E-state index in [1.807, 2.05) is 6.07 Å². The number of hydrogen-bond donors (Lipinski definition) is 1. The van der Waals surface area contributed by atoms with Crippen molar-refractivity contribution in [2.45, 2.75) is 6.92 Å². The second kappa shape index (κ2) is 14.3. The molecule has 300 valence electrons. The van der Waals surface area contributed by atoms with Crippen molar-refractivity contribution in [2.75, 3.05) is 5.32 Å². The van der Waals surface area contributed by atoms with Crippen LogP contribution < -0.4 is 5.32 Å². The second-order valence-corrected chi connectivity index (χ2v) is 17.0. The zero-order chi connectivity index (χ0) is 42.3. The number of anilines is 2. The van der Waals surface area contributed by atoms with Crippen molar-refractivity contribution < 1.29 is 4.42 Å². The Kier molecular flexibility index (Phi) is 8.13. The van der Waals surface area contributed by atoms with Crippen molar-refractivity contribution in [1.29, 1.82) is 0 Å². The molecule has 2 aromatic heterocycles. The molecule has 13 aromatic rings. The number of hydrogen-bond acceptors (Lipinski definition) is 2. The van der Waals surface area contributed by atoms with Gasteiger partial charge in [0.25, 0.3) is 0 Å². The third kappa shape index (κ3) is 5.68. The maximum Gasteiger partial charge on any atom is 0.143 e. The molecule has 0 radical (unpaired) electrons. The van der Waals surface area contributed by atoms with Gasteiger partial charge in [0, 0.05) is 44.0 Å². The monoisotopic (exact) mass is 816 g/mol. The zero-order valence-corrected chi connectivity index (χ0v) is 35.1. The van der Waals surface area contributed by atoms with Gasteiger partial charge in [0.2, 0.25) is 0 Å². The summed E-state index contributed by atoms with van der Waals surface area (Å²) < 4.78 is 9.11. The fraction of sp³-hybridized carbons (Fsp3) is 0.0164. The van der Waals surface area contributed by atoms with Crippen molar-refractivity contribution in [3.05, 3.63) is 224 Å². The summed E-state index contributed by atoms with van der Waals surface area (Å²) in [4.78, 5) is 0. The highest BCUT2D eigenvalue weighted by Gasteiger charge is 2.20. The molecule has 0 spiro atoms. The molecule has 13 rings (SSSR count). The molecule has 0 aliphatic rings. The minimum Gasteiger partial charge on any atom is -0.455 e. The smallest absolute Gasteiger partial charge is 0.143 e. The Bertz CT molecular complexity index is 3930. The van der Waals surface area contributed by atoms with E-state index in [0.29, 0.717) is 0 Å². The van der Waals surface area contributed by atoms with E-state index in [1.54, 1.807) is 0 Å². The summed E-state index contributed by atoms with van der Waals surface area (Å²) in [6, 6.07) is 79.3. The van der Waals surface area contributed by atoms with E-state index in [1.165, 1.54) is 59.7 Å². The van der Waals surface area contributed by atoms with E-state index in [0.717, 1.165) is 72.4 Å². The number of furan rings is 1. The maximum atomic E-state index is 6.68. The molecule has 0 atom stereocenters. The van der Waals surface area contributed by atoms with Gasteiger partial charge < -0.3 is 14.3 Å². The first kappa shape index (κ1) is 36.3. The standard InChI is InChI=1S/C61H40N2O/c1-38-16-2-3-17-44(38)55-35-40(36-56-53-25-11-15-29-60(53)64-61(55)56)39-32-41(45-18-8-12-26-57(45)63-58-27-13-9-23-51(58)52-24-10-14-28-59(52)63)34-43(33-39)62-42-30-31-50-48-21-5-4-19-46(48)47-20-6-7-22-49(47)54(50)37-42/h2-37,62H,1H3. The van der Waals surface area contributed by atoms with Gasteiger partial charge in [-0.25, -0.2) is 0 Å². The SMILES string of the molecule is Cc1ccccc1-c1cc(-c2cc(Nc3ccc4c5ccccc5c5ccccc5c4c3)cc(-c3ccccc3-n3c4ccccc4c4ccccc43)c2)cc2c1oc1ccccc12. The third-order valence-electron chi connectivity index (χ3n) is 13.2. The molecule has 0 bridgehead atoms. The molecule has 0 amide bonds. The second-order valence-electron chi connectivity index (χ2n) is 17.0. The van der Waals surface area contributed by atoms with Crippen LogP contribution in [0, 0.1) is 6.92 Å². The fourth-order valence-electron chi connectivity index (χ4n) is 10.3. The van der Waals surface area contributed by atoms with Crippen LogP contribution in [0.3, 0.4) is 0 Å². The predicted octanol–water partition coefficient (Wildman–Crippen LogP) is 17.2.